The van der Waals surface area contributed by atoms with Crippen LogP contribution in [0.1, 0.15) is 10.5 Å². The Kier molecular flexibility index (Phi) is 2.18. The van der Waals surface area contributed by atoms with Gasteiger partial charge in [-0.1, -0.05) is 6.08 Å². The monoisotopic (exact) mass is 190 g/mol. The van der Waals surface area contributed by atoms with Crippen LogP contribution in [0.4, 0.5) is 0 Å². The summed E-state index contributed by atoms with van der Waals surface area (Å²) in [5.41, 5.74) is 0.588. The van der Waals surface area contributed by atoms with Crippen molar-refractivity contribution in [3.63, 3.8) is 0 Å². The number of carbonyl (C=O) groups excluding carboxylic acids is 2. The lowest BCUT2D eigenvalue weighted by Gasteiger charge is -2.17. The zero-order chi connectivity index (χ0) is 9.97. The summed E-state index contributed by atoms with van der Waals surface area (Å²) < 4.78 is 1.75. The molecular weight excluding hydrogens is 180 g/mol. The smallest absolute Gasteiger partial charge is 0.248 e. The minimum Gasteiger partial charge on any atom is -0.327 e. The average molecular weight is 190 g/mol. The Morgan fingerprint density at radius 3 is 3.00 bits per heavy atom. The fourth-order valence-corrected chi connectivity index (χ4v) is 1.45. The van der Waals surface area contributed by atoms with Gasteiger partial charge >= 0.3 is 0 Å². The Hall–Kier alpha value is -1.84. The topological polar surface area (TPSA) is 42.3 Å². The summed E-state index contributed by atoms with van der Waals surface area (Å²) in [6.45, 7) is 1.06. The molecule has 4 nitrogen and oxygen atoms in total. The average Bonchev–Trinajstić information content (AvgIpc) is 2.77. The van der Waals surface area contributed by atoms with E-state index in [1.165, 1.54) is 0 Å². The Morgan fingerprint density at radius 1 is 1.50 bits per heavy atom. The molecule has 1 aliphatic rings. The lowest BCUT2D eigenvalue weighted by atomic mass is 10.5. The fourth-order valence-electron chi connectivity index (χ4n) is 1.45. The van der Waals surface area contributed by atoms with Crippen molar-refractivity contribution in [3.8, 4) is 0 Å². The van der Waals surface area contributed by atoms with Crippen molar-refractivity contribution >= 4 is 12.2 Å². The molecule has 1 amide bonds. The number of rotatable bonds is 3. The third-order valence-electron chi connectivity index (χ3n) is 2.21. The summed E-state index contributed by atoms with van der Waals surface area (Å²) in [5, 5.41) is 0. The molecule has 0 unspecified atom stereocenters. The van der Waals surface area contributed by atoms with Crippen LogP contribution in [0.2, 0.25) is 0 Å². The molecule has 2 rings (SSSR count). The molecule has 0 spiro atoms. The van der Waals surface area contributed by atoms with E-state index in [-0.39, 0.29) is 5.91 Å². The highest BCUT2D eigenvalue weighted by atomic mass is 16.2. The lowest BCUT2D eigenvalue weighted by molar-refractivity contribution is -0.126. The molecule has 1 aliphatic heterocycles. The molecular formula is C10H10N2O2. The van der Waals surface area contributed by atoms with Crippen LogP contribution in [0.25, 0.3) is 0 Å². The predicted octanol–water partition coefficient (Wildman–Crippen LogP) is 0.656. The molecule has 0 bridgehead atoms. The molecule has 0 aromatic carbocycles. The minimum atomic E-state index is -0.00412. The highest BCUT2D eigenvalue weighted by molar-refractivity contribution is 5.89. The summed E-state index contributed by atoms with van der Waals surface area (Å²) in [4.78, 5) is 23.5. The number of amides is 1. The molecule has 0 atom stereocenters. The second kappa shape index (κ2) is 3.49. The highest BCUT2D eigenvalue weighted by Gasteiger charge is 2.15. The number of nitrogens with zero attached hydrogens (tertiary/aromatic N) is 2. The number of hydrogen-bond acceptors (Lipinski definition) is 2. The molecule has 0 aliphatic carbocycles. The van der Waals surface area contributed by atoms with Gasteiger partial charge in [0.1, 0.15) is 0 Å². The van der Waals surface area contributed by atoms with Crippen molar-refractivity contribution in [1.29, 1.82) is 0 Å². The van der Waals surface area contributed by atoms with Gasteiger partial charge < -0.3 is 9.47 Å². The van der Waals surface area contributed by atoms with Crippen molar-refractivity contribution in [3.05, 3.63) is 36.2 Å². The van der Waals surface area contributed by atoms with Crippen LogP contribution >= 0.6 is 0 Å². The third kappa shape index (κ3) is 1.46. The van der Waals surface area contributed by atoms with E-state index in [1.807, 2.05) is 6.08 Å². The van der Waals surface area contributed by atoms with Gasteiger partial charge in [-0.2, -0.15) is 0 Å². The summed E-state index contributed by atoms with van der Waals surface area (Å²) in [7, 11) is 0. The zero-order valence-corrected chi connectivity index (χ0v) is 7.59. The van der Waals surface area contributed by atoms with Gasteiger partial charge in [-0.25, -0.2) is 0 Å². The van der Waals surface area contributed by atoms with Crippen LogP contribution < -0.4 is 0 Å². The van der Waals surface area contributed by atoms with E-state index in [2.05, 4.69) is 0 Å². The number of aldehydes is 1. The molecule has 0 fully saturated rings. The Bertz CT molecular complexity index is 393. The first kappa shape index (κ1) is 8.74. The summed E-state index contributed by atoms with van der Waals surface area (Å²) >= 11 is 0. The Morgan fingerprint density at radius 2 is 2.36 bits per heavy atom. The lowest BCUT2D eigenvalue weighted by Crippen LogP contribution is -2.28. The largest absolute Gasteiger partial charge is 0.327 e. The van der Waals surface area contributed by atoms with Crippen molar-refractivity contribution in [2.24, 2.45) is 0 Å². The molecule has 1 aromatic rings. The van der Waals surface area contributed by atoms with Crippen molar-refractivity contribution in [2.75, 3.05) is 6.54 Å². The first-order valence-electron chi connectivity index (χ1n) is 4.37. The normalized spacial score (nSPS) is 15.1. The van der Waals surface area contributed by atoms with Gasteiger partial charge in [0.15, 0.2) is 6.29 Å². The Labute approximate surface area is 81.4 Å². The quantitative estimate of drug-likeness (QED) is 0.657. The highest BCUT2D eigenvalue weighted by Crippen LogP contribution is 2.06. The number of hydrogen-bond donors (Lipinski definition) is 0. The van der Waals surface area contributed by atoms with Gasteiger partial charge in [0, 0.05) is 18.8 Å². The van der Waals surface area contributed by atoms with Gasteiger partial charge in [-0.05, 0) is 12.1 Å². The van der Waals surface area contributed by atoms with Gasteiger partial charge in [0.25, 0.3) is 0 Å². The standard InChI is InChI=1S/C10H10N2O2/c13-7-9-3-1-5-11(9)8-12-6-2-4-10(12)14/h1-5,7H,6,8H2. The second-order valence-electron chi connectivity index (χ2n) is 3.13. The molecule has 0 saturated carbocycles. The van der Waals surface area contributed by atoms with Crippen molar-refractivity contribution in [2.45, 2.75) is 6.67 Å². The predicted molar refractivity (Wildman–Crippen MR) is 50.7 cm³/mol. The maximum Gasteiger partial charge on any atom is 0.248 e. The first-order chi connectivity index (χ1) is 6.81. The maximum absolute atomic E-state index is 11.2. The summed E-state index contributed by atoms with van der Waals surface area (Å²) in [6.07, 6.45) is 5.93. The van der Waals surface area contributed by atoms with E-state index in [0.29, 0.717) is 18.9 Å². The van der Waals surface area contributed by atoms with Crippen LogP contribution in [0.3, 0.4) is 0 Å². The van der Waals surface area contributed by atoms with E-state index in [4.69, 9.17) is 0 Å². The van der Waals surface area contributed by atoms with E-state index >= 15 is 0 Å². The van der Waals surface area contributed by atoms with Crippen LogP contribution in [0.15, 0.2) is 30.5 Å². The molecule has 0 N–H and O–H groups in total. The first-order valence-corrected chi connectivity index (χ1v) is 4.37. The molecule has 4 heteroatoms. The molecule has 14 heavy (non-hydrogen) atoms. The summed E-state index contributed by atoms with van der Waals surface area (Å²) in [6, 6.07) is 3.51. The molecule has 1 aromatic heterocycles. The second-order valence-corrected chi connectivity index (χ2v) is 3.13. The molecule has 2 heterocycles. The zero-order valence-electron chi connectivity index (χ0n) is 7.59. The van der Waals surface area contributed by atoms with Gasteiger partial charge in [-0.3, -0.25) is 9.59 Å². The molecule has 72 valence electrons. The van der Waals surface area contributed by atoms with Crippen molar-refractivity contribution < 1.29 is 9.59 Å². The van der Waals surface area contributed by atoms with Gasteiger partial charge in [-0.15, -0.1) is 0 Å². The van der Waals surface area contributed by atoms with E-state index in [1.54, 1.807) is 33.9 Å². The molecule has 0 saturated heterocycles. The van der Waals surface area contributed by atoms with E-state index in [0.717, 1.165) is 6.29 Å². The van der Waals surface area contributed by atoms with Crippen molar-refractivity contribution in [1.82, 2.24) is 9.47 Å². The van der Waals surface area contributed by atoms with E-state index in [9.17, 15) is 9.59 Å². The van der Waals surface area contributed by atoms with E-state index < -0.39 is 0 Å². The summed E-state index contributed by atoms with van der Waals surface area (Å²) in [5.74, 6) is -0.00412. The number of aromatic nitrogens is 1. The van der Waals surface area contributed by atoms with Crippen LogP contribution in [0, 0.1) is 0 Å². The van der Waals surface area contributed by atoms with Gasteiger partial charge in [0.2, 0.25) is 5.91 Å². The maximum atomic E-state index is 11.2. The third-order valence-corrected chi connectivity index (χ3v) is 2.21. The Balaban J connectivity index is 2.11. The SMILES string of the molecule is O=Cc1cccn1CN1CC=CC1=O. The molecule has 0 radical (unpaired) electrons. The fraction of sp³-hybridized carbons (Fsp3) is 0.200. The van der Waals surface area contributed by atoms with Crippen LogP contribution in [-0.2, 0) is 11.5 Å². The minimum absolute atomic E-state index is 0.00412. The van der Waals surface area contributed by atoms with Gasteiger partial charge in [0.05, 0.1) is 12.4 Å². The number of carbonyl (C=O) groups is 2. The van der Waals surface area contributed by atoms with Crippen LogP contribution in [-0.4, -0.2) is 28.2 Å². The van der Waals surface area contributed by atoms with Crippen LogP contribution in [0.5, 0.6) is 0 Å².